The van der Waals surface area contributed by atoms with Crippen molar-refractivity contribution in [3.05, 3.63) is 35.5 Å². The van der Waals surface area contributed by atoms with Crippen LogP contribution in [0.3, 0.4) is 0 Å². The van der Waals surface area contributed by atoms with Crippen molar-refractivity contribution in [1.29, 1.82) is 0 Å². The summed E-state index contributed by atoms with van der Waals surface area (Å²) in [6.45, 7) is 3.24. The van der Waals surface area contributed by atoms with Gasteiger partial charge in [0.1, 0.15) is 12.1 Å². The van der Waals surface area contributed by atoms with E-state index in [2.05, 4.69) is 30.4 Å². The van der Waals surface area contributed by atoms with Gasteiger partial charge in [0, 0.05) is 37.9 Å². The zero-order valence-corrected chi connectivity index (χ0v) is 15.1. The summed E-state index contributed by atoms with van der Waals surface area (Å²) in [6.07, 6.45) is 6.43. The predicted molar refractivity (Wildman–Crippen MR) is 96.2 cm³/mol. The van der Waals surface area contributed by atoms with Gasteiger partial charge < -0.3 is 15.0 Å². The Morgan fingerprint density at radius 3 is 3.00 bits per heavy atom. The molecule has 8 heteroatoms. The second-order valence-electron chi connectivity index (χ2n) is 7.10. The highest BCUT2D eigenvalue weighted by molar-refractivity contribution is 5.95. The first-order valence-electron chi connectivity index (χ1n) is 9.05. The first-order valence-corrected chi connectivity index (χ1v) is 9.05. The fourth-order valence-electron chi connectivity index (χ4n) is 3.58. The van der Waals surface area contributed by atoms with Gasteiger partial charge in [-0.15, -0.1) is 0 Å². The maximum Gasteiger partial charge on any atom is 0.254 e. The molecule has 0 bridgehead atoms. The van der Waals surface area contributed by atoms with Crippen molar-refractivity contribution in [1.82, 2.24) is 25.5 Å². The quantitative estimate of drug-likeness (QED) is 0.812. The number of H-pyrrole nitrogens is 1. The van der Waals surface area contributed by atoms with Crippen molar-refractivity contribution in [2.45, 2.75) is 44.2 Å². The molecule has 4 rings (SSSR count). The van der Waals surface area contributed by atoms with E-state index < -0.39 is 0 Å². The van der Waals surface area contributed by atoms with E-state index in [-0.39, 0.29) is 18.1 Å². The lowest BCUT2D eigenvalue weighted by molar-refractivity contribution is 0.0945. The van der Waals surface area contributed by atoms with Crippen LogP contribution in [0.4, 0.5) is 5.82 Å². The minimum absolute atomic E-state index is 0.0691. The van der Waals surface area contributed by atoms with Gasteiger partial charge in [-0.3, -0.25) is 9.89 Å². The van der Waals surface area contributed by atoms with Gasteiger partial charge in [-0.05, 0) is 26.2 Å². The summed E-state index contributed by atoms with van der Waals surface area (Å²) in [5.41, 5.74) is 2.55. The lowest BCUT2D eigenvalue weighted by Crippen LogP contribution is -2.40. The van der Waals surface area contributed by atoms with Crippen molar-refractivity contribution in [3.63, 3.8) is 0 Å². The predicted octanol–water partition coefficient (Wildman–Crippen LogP) is 1.41. The number of nitrogens with zero attached hydrogens (tertiary/aromatic N) is 4. The molecule has 26 heavy (non-hydrogen) atoms. The molecule has 2 aromatic rings. The second kappa shape index (κ2) is 7.03. The molecular formula is C18H24N6O2. The number of aryl methyl sites for hydroxylation is 1. The first-order chi connectivity index (χ1) is 12.7. The molecular weight excluding hydrogens is 332 g/mol. The highest BCUT2D eigenvalue weighted by Crippen LogP contribution is 2.40. The van der Waals surface area contributed by atoms with Gasteiger partial charge in [0.05, 0.1) is 29.6 Å². The summed E-state index contributed by atoms with van der Waals surface area (Å²) in [7, 11) is 1.72. The van der Waals surface area contributed by atoms with Crippen molar-refractivity contribution in [2.75, 3.05) is 25.1 Å². The van der Waals surface area contributed by atoms with Crippen LogP contribution >= 0.6 is 0 Å². The normalized spacial score (nSPS) is 22.6. The highest BCUT2D eigenvalue weighted by atomic mass is 16.5. The van der Waals surface area contributed by atoms with E-state index >= 15 is 0 Å². The van der Waals surface area contributed by atoms with Crippen LogP contribution in [-0.4, -0.2) is 58.4 Å². The van der Waals surface area contributed by atoms with Crippen LogP contribution < -0.4 is 10.2 Å². The molecule has 1 aliphatic heterocycles. The minimum atomic E-state index is -0.0691. The molecule has 1 aliphatic carbocycles. The van der Waals surface area contributed by atoms with Gasteiger partial charge in [0.2, 0.25) is 0 Å². The number of rotatable bonds is 6. The molecule has 0 radical (unpaired) electrons. The molecule has 0 spiro atoms. The number of nitrogens with one attached hydrogen (secondary N) is 2. The second-order valence-corrected chi connectivity index (χ2v) is 7.10. The smallest absolute Gasteiger partial charge is 0.254 e. The average molecular weight is 356 g/mol. The van der Waals surface area contributed by atoms with Crippen molar-refractivity contribution in [2.24, 2.45) is 0 Å². The number of hydrogen-bond acceptors (Lipinski definition) is 6. The van der Waals surface area contributed by atoms with Crippen LogP contribution in [0, 0.1) is 6.92 Å². The topological polar surface area (TPSA) is 96.0 Å². The maximum atomic E-state index is 12.6. The molecule has 2 fully saturated rings. The highest BCUT2D eigenvalue weighted by Gasteiger charge is 2.34. The van der Waals surface area contributed by atoms with Crippen LogP contribution in [0.2, 0.25) is 0 Å². The van der Waals surface area contributed by atoms with E-state index in [1.54, 1.807) is 19.6 Å². The summed E-state index contributed by atoms with van der Waals surface area (Å²) in [4.78, 5) is 23.4. The first kappa shape index (κ1) is 17.0. The fourth-order valence-corrected chi connectivity index (χ4v) is 3.58. The third-order valence-corrected chi connectivity index (χ3v) is 5.19. The molecule has 1 saturated heterocycles. The molecule has 1 saturated carbocycles. The number of ether oxygens (including phenoxy) is 1. The number of methoxy groups -OCH3 is 1. The number of aromatic nitrogens is 4. The van der Waals surface area contributed by atoms with Gasteiger partial charge in [-0.2, -0.15) is 5.10 Å². The van der Waals surface area contributed by atoms with Gasteiger partial charge in [0.25, 0.3) is 5.91 Å². The molecule has 2 aromatic heterocycles. The number of anilines is 1. The lowest BCUT2D eigenvalue weighted by atomic mass is 10.1. The Morgan fingerprint density at radius 1 is 1.42 bits per heavy atom. The van der Waals surface area contributed by atoms with E-state index in [4.69, 9.17) is 4.74 Å². The number of aromatic amines is 1. The molecule has 1 amide bonds. The number of amides is 1. The number of carbonyl (C=O) groups excluding carboxylic acids is 1. The largest absolute Gasteiger partial charge is 0.380 e. The maximum absolute atomic E-state index is 12.6. The summed E-state index contributed by atoms with van der Waals surface area (Å²) < 4.78 is 5.55. The summed E-state index contributed by atoms with van der Waals surface area (Å²) in [6, 6.07) is 2.10. The average Bonchev–Trinajstić information content (AvgIpc) is 3.21. The van der Waals surface area contributed by atoms with Crippen LogP contribution in [0.5, 0.6) is 0 Å². The van der Waals surface area contributed by atoms with E-state index in [1.807, 2.05) is 13.0 Å². The Balaban J connectivity index is 1.45. The van der Waals surface area contributed by atoms with Crippen LogP contribution in [0.15, 0.2) is 18.6 Å². The van der Waals surface area contributed by atoms with Crippen LogP contribution in [0.25, 0.3) is 0 Å². The summed E-state index contributed by atoms with van der Waals surface area (Å²) in [5, 5.41) is 10.1. The van der Waals surface area contributed by atoms with Crippen LogP contribution in [-0.2, 0) is 4.74 Å². The molecule has 2 aliphatic rings. The summed E-state index contributed by atoms with van der Waals surface area (Å²) in [5.74, 6) is 1.27. The van der Waals surface area contributed by atoms with E-state index in [0.717, 1.165) is 43.0 Å². The minimum Gasteiger partial charge on any atom is -0.380 e. The van der Waals surface area contributed by atoms with Crippen molar-refractivity contribution < 1.29 is 9.53 Å². The van der Waals surface area contributed by atoms with Gasteiger partial charge >= 0.3 is 0 Å². The Hall–Kier alpha value is -2.48. The van der Waals surface area contributed by atoms with Gasteiger partial charge in [-0.25, -0.2) is 9.97 Å². The monoisotopic (exact) mass is 356 g/mol. The number of hydrogen-bond donors (Lipinski definition) is 2. The Morgan fingerprint density at radius 2 is 2.27 bits per heavy atom. The van der Waals surface area contributed by atoms with E-state index in [0.29, 0.717) is 18.0 Å². The lowest BCUT2D eigenvalue weighted by Gasteiger charge is -2.25. The molecule has 138 valence electrons. The number of carbonyl (C=O) groups is 1. The van der Waals surface area contributed by atoms with Gasteiger partial charge in [0.15, 0.2) is 0 Å². The molecule has 8 nitrogen and oxygen atoms in total. The Labute approximate surface area is 152 Å². The standard InChI is InChI=1S/C18H24N6O2/c1-11-5-16(21-10-20-11)24-9-14(26-2)6-13(24)7-19-18(25)15-8-22-23-17(15)12-3-4-12/h5,8,10,12-14H,3-4,6-7,9H2,1-2H3,(H,19,25)(H,22,23)/t13-,14-/m0/s1. The molecule has 2 atom stereocenters. The molecule has 0 aromatic carbocycles. The summed E-state index contributed by atoms with van der Waals surface area (Å²) >= 11 is 0. The third kappa shape index (κ3) is 3.41. The molecule has 0 unspecified atom stereocenters. The van der Waals surface area contributed by atoms with Gasteiger partial charge in [-0.1, -0.05) is 0 Å². The molecule has 3 heterocycles. The zero-order chi connectivity index (χ0) is 18.1. The Bertz CT molecular complexity index is 787. The third-order valence-electron chi connectivity index (χ3n) is 5.19. The zero-order valence-electron chi connectivity index (χ0n) is 15.1. The fraction of sp³-hybridized carbons (Fsp3) is 0.556. The van der Waals surface area contributed by atoms with Crippen molar-refractivity contribution >= 4 is 11.7 Å². The van der Waals surface area contributed by atoms with Crippen molar-refractivity contribution in [3.8, 4) is 0 Å². The SMILES string of the molecule is CO[C@H]1C[C@@H](CNC(=O)c2cn[nH]c2C2CC2)N(c2cc(C)ncn2)C1. The van der Waals surface area contributed by atoms with Crippen LogP contribution in [0.1, 0.15) is 46.9 Å². The molecule has 2 N–H and O–H groups in total. The van der Waals surface area contributed by atoms with E-state index in [9.17, 15) is 4.79 Å². The van der Waals surface area contributed by atoms with E-state index in [1.165, 1.54) is 0 Å². The Kier molecular flexibility index (Phi) is 4.58.